The van der Waals surface area contributed by atoms with Crippen LogP contribution in [0, 0.1) is 0 Å². The van der Waals surface area contributed by atoms with Gasteiger partial charge in [-0.1, -0.05) is 187 Å². The third-order valence-electron chi connectivity index (χ3n) is 9.54. The van der Waals surface area contributed by atoms with E-state index in [-0.39, 0.29) is 37.5 Å². The van der Waals surface area contributed by atoms with Crippen LogP contribution in [0.1, 0.15) is 188 Å². The van der Waals surface area contributed by atoms with Crippen LogP contribution in [0.4, 0.5) is 0 Å². The Morgan fingerprint density at radius 2 is 0.672 bits per heavy atom. The van der Waals surface area contributed by atoms with Crippen LogP contribution in [0.5, 0.6) is 0 Å². The molecule has 1 unspecified atom stereocenters. The molecule has 0 N–H and O–H groups in total. The molecule has 0 bridgehead atoms. The van der Waals surface area contributed by atoms with E-state index in [2.05, 4.69) is 106 Å². The minimum absolute atomic E-state index is 0.111. The van der Waals surface area contributed by atoms with Gasteiger partial charge in [0.15, 0.2) is 6.10 Å². The molecule has 0 aliphatic rings. The number of unbranched alkanes of at least 4 members (excludes halogenated alkanes) is 13. The van der Waals surface area contributed by atoms with Crippen molar-refractivity contribution in [1.29, 1.82) is 0 Å². The number of carbonyl (C=O) groups is 3. The average Bonchev–Trinajstić information content (AvgIpc) is 3.26. The zero-order valence-corrected chi connectivity index (χ0v) is 38.9. The Hall–Kier alpha value is -4.19. The van der Waals surface area contributed by atoms with Gasteiger partial charge in [0, 0.05) is 19.3 Å². The average molecular weight is 843 g/mol. The monoisotopic (exact) mass is 843 g/mol. The summed E-state index contributed by atoms with van der Waals surface area (Å²) in [5.74, 6) is -0.997. The third-order valence-corrected chi connectivity index (χ3v) is 9.54. The Morgan fingerprint density at radius 1 is 0.344 bits per heavy atom. The largest absolute Gasteiger partial charge is 0.462 e. The van der Waals surface area contributed by atoms with Gasteiger partial charge >= 0.3 is 17.9 Å². The fraction of sp³-hybridized carbons (Fsp3) is 0.582. The Labute approximate surface area is 373 Å². The maximum absolute atomic E-state index is 12.8. The highest BCUT2D eigenvalue weighted by molar-refractivity contribution is 5.71. The first-order valence-electron chi connectivity index (χ1n) is 24.1. The zero-order chi connectivity index (χ0) is 44.4. The number of rotatable bonds is 41. The number of esters is 3. The molecule has 342 valence electrons. The third kappa shape index (κ3) is 46.7. The lowest BCUT2D eigenvalue weighted by atomic mass is 10.1. The van der Waals surface area contributed by atoms with Crippen LogP contribution >= 0.6 is 0 Å². The van der Waals surface area contributed by atoms with Gasteiger partial charge in [-0.25, -0.2) is 0 Å². The fourth-order valence-electron chi connectivity index (χ4n) is 6.01. The van der Waals surface area contributed by atoms with Crippen molar-refractivity contribution in [3.63, 3.8) is 0 Å². The molecule has 0 radical (unpaired) electrons. The van der Waals surface area contributed by atoms with Crippen molar-refractivity contribution >= 4 is 17.9 Å². The summed E-state index contributed by atoms with van der Waals surface area (Å²) in [6.45, 7) is 6.18. The molecule has 6 heteroatoms. The summed E-state index contributed by atoms with van der Waals surface area (Å²) in [5.41, 5.74) is 0. The summed E-state index contributed by atoms with van der Waals surface area (Å²) < 4.78 is 16.7. The van der Waals surface area contributed by atoms with E-state index in [0.717, 1.165) is 135 Å². The predicted molar refractivity (Wildman–Crippen MR) is 260 cm³/mol. The van der Waals surface area contributed by atoms with Crippen molar-refractivity contribution in [3.05, 3.63) is 122 Å². The number of ether oxygens (including phenoxy) is 3. The lowest BCUT2D eigenvalue weighted by Gasteiger charge is -2.18. The van der Waals surface area contributed by atoms with Crippen LogP contribution in [-0.4, -0.2) is 37.2 Å². The van der Waals surface area contributed by atoms with Crippen molar-refractivity contribution in [1.82, 2.24) is 0 Å². The quantitative estimate of drug-likeness (QED) is 0.0201. The summed E-state index contributed by atoms with van der Waals surface area (Å²) in [6, 6.07) is 0. The molecule has 0 rings (SSSR count). The van der Waals surface area contributed by atoms with E-state index in [0.29, 0.717) is 12.8 Å². The zero-order valence-electron chi connectivity index (χ0n) is 38.9. The highest BCUT2D eigenvalue weighted by Gasteiger charge is 2.19. The van der Waals surface area contributed by atoms with Gasteiger partial charge in [0.1, 0.15) is 13.2 Å². The lowest BCUT2D eigenvalue weighted by molar-refractivity contribution is -0.167. The number of allylic oxidation sites excluding steroid dienone is 20. The van der Waals surface area contributed by atoms with Crippen molar-refractivity contribution in [2.24, 2.45) is 0 Å². The molecular weight excluding hydrogens is 757 g/mol. The lowest BCUT2D eigenvalue weighted by Crippen LogP contribution is -2.30. The minimum Gasteiger partial charge on any atom is -0.462 e. The van der Waals surface area contributed by atoms with E-state index >= 15 is 0 Å². The standard InChI is InChI=1S/C55H86O6/c1-4-7-10-13-16-19-22-25-27-28-31-33-36-39-42-45-48-54(57)60-51-52(50-59-53(56)47-44-41-38-35-32-29-24-21-18-15-12-9-6-3)61-55(58)49-46-43-40-37-34-30-26-23-20-17-14-11-8-5-2/h7-12,15-21,24-27,29-30,32,52H,4-6,13-14,22-23,28,31,33-51H2,1-3H3/b10-7-,11-8-,12-9-,18-15-,19-16-,20-17-,24-21-,27-25-,30-26-,32-29-. The van der Waals surface area contributed by atoms with E-state index in [1.165, 1.54) is 12.8 Å². The van der Waals surface area contributed by atoms with Gasteiger partial charge in [0.05, 0.1) is 0 Å². The molecule has 1 atom stereocenters. The first-order valence-corrected chi connectivity index (χ1v) is 24.1. The van der Waals surface area contributed by atoms with E-state index in [1.54, 1.807) is 0 Å². The topological polar surface area (TPSA) is 78.9 Å². The van der Waals surface area contributed by atoms with Crippen molar-refractivity contribution in [2.75, 3.05) is 13.2 Å². The molecule has 0 fully saturated rings. The Bertz CT molecular complexity index is 1340. The van der Waals surface area contributed by atoms with Crippen LogP contribution in [0.25, 0.3) is 0 Å². The Morgan fingerprint density at radius 3 is 1.13 bits per heavy atom. The normalized spacial score (nSPS) is 13.2. The van der Waals surface area contributed by atoms with Crippen LogP contribution in [0.2, 0.25) is 0 Å². The molecule has 0 aromatic heterocycles. The molecule has 6 nitrogen and oxygen atoms in total. The summed E-state index contributed by atoms with van der Waals surface area (Å²) in [6.07, 6.45) is 66.1. The second-order valence-corrected chi connectivity index (χ2v) is 15.3. The van der Waals surface area contributed by atoms with Crippen LogP contribution in [0.3, 0.4) is 0 Å². The van der Waals surface area contributed by atoms with Gasteiger partial charge in [-0.2, -0.15) is 0 Å². The maximum Gasteiger partial charge on any atom is 0.306 e. The molecule has 0 aromatic rings. The van der Waals surface area contributed by atoms with Crippen molar-refractivity contribution in [3.8, 4) is 0 Å². The van der Waals surface area contributed by atoms with Crippen LogP contribution in [0.15, 0.2) is 122 Å². The molecule has 0 saturated carbocycles. The molecule has 0 spiro atoms. The number of hydrogen-bond acceptors (Lipinski definition) is 6. The van der Waals surface area contributed by atoms with Crippen molar-refractivity contribution < 1.29 is 28.6 Å². The van der Waals surface area contributed by atoms with Gasteiger partial charge in [-0.3, -0.25) is 14.4 Å². The fourth-order valence-corrected chi connectivity index (χ4v) is 6.01. The molecule has 0 aliphatic carbocycles. The van der Waals surface area contributed by atoms with Crippen molar-refractivity contribution in [2.45, 2.75) is 194 Å². The first-order chi connectivity index (χ1) is 30.0. The first kappa shape index (κ1) is 56.8. The molecule has 0 aliphatic heterocycles. The molecule has 0 saturated heterocycles. The smallest absolute Gasteiger partial charge is 0.306 e. The van der Waals surface area contributed by atoms with Gasteiger partial charge in [-0.15, -0.1) is 0 Å². The summed E-state index contributed by atoms with van der Waals surface area (Å²) >= 11 is 0. The Kier molecular flexibility index (Phi) is 45.1. The number of hydrogen-bond donors (Lipinski definition) is 0. The van der Waals surface area contributed by atoms with E-state index in [9.17, 15) is 14.4 Å². The molecule has 61 heavy (non-hydrogen) atoms. The van der Waals surface area contributed by atoms with Gasteiger partial charge in [0.25, 0.3) is 0 Å². The highest BCUT2D eigenvalue weighted by Crippen LogP contribution is 2.12. The maximum atomic E-state index is 12.8. The Balaban J connectivity index is 4.52. The second-order valence-electron chi connectivity index (χ2n) is 15.3. The minimum atomic E-state index is -0.814. The van der Waals surface area contributed by atoms with Gasteiger partial charge < -0.3 is 14.2 Å². The predicted octanol–water partition coefficient (Wildman–Crippen LogP) is 15.7. The van der Waals surface area contributed by atoms with Gasteiger partial charge in [-0.05, 0) is 103 Å². The van der Waals surface area contributed by atoms with Gasteiger partial charge in [0.2, 0.25) is 0 Å². The summed E-state index contributed by atoms with van der Waals surface area (Å²) in [4.78, 5) is 37.9. The SMILES string of the molecule is CC\C=C/C=C\C=C/C=C\CCCCCC(=O)OCC(COC(=O)CCCCCCCC/C=C\C/C=C\C/C=C\CC)OC(=O)CCCCCC/C=C\C/C=C\C/C=C\CC. The second kappa shape index (κ2) is 48.5. The summed E-state index contributed by atoms with van der Waals surface area (Å²) in [5, 5.41) is 0. The van der Waals surface area contributed by atoms with E-state index < -0.39 is 6.10 Å². The highest BCUT2D eigenvalue weighted by atomic mass is 16.6. The molecule has 0 heterocycles. The number of carbonyl (C=O) groups excluding carboxylic acids is 3. The molecular formula is C55H86O6. The van der Waals surface area contributed by atoms with E-state index in [4.69, 9.17) is 14.2 Å². The molecule has 0 amide bonds. The summed E-state index contributed by atoms with van der Waals surface area (Å²) in [7, 11) is 0. The van der Waals surface area contributed by atoms with Crippen LogP contribution in [-0.2, 0) is 28.6 Å². The van der Waals surface area contributed by atoms with E-state index in [1.807, 2.05) is 36.5 Å². The van der Waals surface area contributed by atoms with Crippen LogP contribution < -0.4 is 0 Å². The molecule has 0 aromatic carbocycles.